The number of benzene rings is 1. The molecule has 1 aromatic rings. The molecule has 3 N–H and O–H groups in total. The number of nitrogens with one attached hydrogen (secondary N) is 1. The predicted molar refractivity (Wildman–Crippen MR) is 95.4 cm³/mol. The molecule has 0 heterocycles. The number of aryl methyl sites for hydroxylation is 1. The fraction of sp³-hybridized carbons (Fsp3) is 0.611. The van der Waals surface area contributed by atoms with E-state index in [1.54, 1.807) is 0 Å². The molecule has 1 amide bonds. The van der Waals surface area contributed by atoms with Crippen LogP contribution >= 0.6 is 11.8 Å². The summed E-state index contributed by atoms with van der Waals surface area (Å²) < 4.78 is 0.190. The van der Waals surface area contributed by atoms with Gasteiger partial charge in [-0.1, -0.05) is 27.2 Å². The third-order valence-electron chi connectivity index (χ3n) is 3.97. The van der Waals surface area contributed by atoms with Gasteiger partial charge < -0.3 is 11.1 Å². The van der Waals surface area contributed by atoms with Gasteiger partial charge in [-0.3, -0.25) is 4.79 Å². The van der Waals surface area contributed by atoms with Crippen molar-refractivity contribution in [1.82, 2.24) is 0 Å². The first-order valence-corrected chi connectivity index (χ1v) is 8.92. The van der Waals surface area contributed by atoms with Crippen LogP contribution in [0, 0.1) is 12.8 Å². The molecular formula is C18H28N2OS. The number of anilines is 1. The summed E-state index contributed by atoms with van der Waals surface area (Å²) in [4.78, 5) is 13.6. The summed E-state index contributed by atoms with van der Waals surface area (Å²) in [6.45, 7) is 8.66. The Bertz CT molecular complexity index is 536. The molecule has 2 atom stereocenters. The number of hydrogen-bond donors (Lipinski definition) is 2. The van der Waals surface area contributed by atoms with Crippen molar-refractivity contribution < 1.29 is 4.79 Å². The first-order chi connectivity index (χ1) is 10.2. The SMILES string of the molecule is Cc1cc(SC(C)(C)C)ccc1NC(=O)C1CCCC(N)C1. The molecule has 1 aliphatic carbocycles. The van der Waals surface area contributed by atoms with E-state index in [9.17, 15) is 4.79 Å². The van der Waals surface area contributed by atoms with Crippen LogP contribution in [0.3, 0.4) is 0 Å². The van der Waals surface area contributed by atoms with Gasteiger partial charge in [-0.2, -0.15) is 0 Å². The second kappa shape index (κ2) is 7.05. The molecule has 2 rings (SSSR count). The van der Waals surface area contributed by atoms with Gasteiger partial charge in [0.2, 0.25) is 5.91 Å². The molecule has 1 aromatic carbocycles. The lowest BCUT2D eigenvalue weighted by Crippen LogP contribution is -2.34. The Kier molecular flexibility index (Phi) is 5.56. The highest BCUT2D eigenvalue weighted by molar-refractivity contribution is 8.00. The number of thioether (sulfide) groups is 1. The van der Waals surface area contributed by atoms with Crippen molar-refractivity contribution in [2.24, 2.45) is 11.7 Å². The maximum atomic E-state index is 12.4. The highest BCUT2D eigenvalue weighted by Gasteiger charge is 2.25. The second-order valence-corrected chi connectivity index (χ2v) is 9.20. The fourth-order valence-corrected chi connectivity index (χ4v) is 3.97. The third kappa shape index (κ3) is 5.03. The van der Waals surface area contributed by atoms with Gasteiger partial charge in [0.15, 0.2) is 0 Å². The van der Waals surface area contributed by atoms with Crippen molar-refractivity contribution in [3.05, 3.63) is 23.8 Å². The van der Waals surface area contributed by atoms with Gasteiger partial charge >= 0.3 is 0 Å². The van der Waals surface area contributed by atoms with Crippen LogP contribution in [0.5, 0.6) is 0 Å². The number of rotatable bonds is 3. The maximum Gasteiger partial charge on any atom is 0.227 e. The van der Waals surface area contributed by atoms with E-state index < -0.39 is 0 Å². The van der Waals surface area contributed by atoms with E-state index in [0.29, 0.717) is 0 Å². The van der Waals surface area contributed by atoms with Gasteiger partial charge in [0.25, 0.3) is 0 Å². The summed E-state index contributed by atoms with van der Waals surface area (Å²) in [6, 6.07) is 6.43. The summed E-state index contributed by atoms with van der Waals surface area (Å²) in [7, 11) is 0. The van der Waals surface area contributed by atoms with Crippen molar-refractivity contribution in [3.8, 4) is 0 Å². The first kappa shape index (κ1) is 17.4. The van der Waals surface area contributed by atoms with Crippen LogP contribution in [0.15, 0.2) is 23.1 Å². The Labute approximate surface area is 138 Å². The monoisotopic (exact) mass is 320 g/mol. The molecule has 0 spiro atoms. The molecule has 2 unspecified atom stereocenters. The number of nitrogens with two attached hydrogens (primary N) is 1. The summed E-state index contributed by atoms with van der Waals surface area (Å²) in [5.41, 5.74) is 8.01. The molecular weight excluding hydrogens is 292 g/mol. The summed E-state index contributed by atoms with van der Waals surface area (Å²) in [5, 5.41) is 3.09. The van der Waals surface area contributed by atoms with E-state index in [0.717, 1.165) is 36.9 Å². The molecule has 3 nitrogen and oxygen atoms in total. The van der Waals surface area contributed by atoms with E-state index in [-0.39, 0.29) is 22.6 Å². The predicted octanol–water partition coefficient (Wildman–Crippen LogP) is 4.34. The lowest BCUT2D eigenvalue weighted by molar-refractivity contribution is -0.120. The van der Waals surface area contributed by atoms with Crippen LogP contribution < -0.4 is 11.1 Å². The summed E-state index contributed by atoms with van der Waals surface area (Å²) >= 11 is 1.84. The first-order valence-electron chi connectivity index (χ1n) is 8.11. The lowest BCUT2D eigenvalue weighted by atomic mass is 9.85. The topological polar surface area (TPSA) is 55.1 Å². The molecule has 1 aliphatic rings. The Morgan fingerprint density at radius 2 is 2.05 bits per heavy atom. The minimum Gasteiger partial charge on any atom is -0.328 e. The number of hydrogen-bond acceptors (Lipinski definition) is 3. The van der Waals surface area contributed by atoms with E-state index in [1.165, 1.54) is 4.90 Å². The maximum absolute atomic E-state index is 12.4. The minimum absolute atomic E-state index is 0.0618. The molecule has 22 heavy (non-hydrogen) atoms. The van der Waals surface area contributed by atoms with Crippen molar-refractivity contribution in [2.75, 3.05) is 5.32 Å². The van der Waals surface area contributed by atoms with Crippen LogP contribution in [0.25, 0.3) is 0 Å². The van der Waals surface area contributed by atoms with Crippen LogP contribution in [0.1, 0.15) is 52.0 Å². The zero-order valence-corrected chi connectivity index (χ0v) is 14.9. The van der Waals surface area contributed by atoms with Gasteiger partial charge in [0, 0.05) is 27.3 Å². The average Bonchev–Trinajstić information content (AvgIpc) is 2.40. The molecule has 0 aliphatic heterocycles. The van der Waals surface area contributed by atoms with E-state index in [1.807, 2.05) is 17.8 Å². The molecule has 0 radical (unpaired) electrons. The van der Waals surface area contributed by atoms with Crippen molar-refractivity contribution in [1.29, 1.82) is 0 Å². The fourth-order valence-electron chi connectivity index (χ4n) is 2.89. The number of amides is 1. The zero-order chi connectivity index (χ0) is 16.3. The Hall–Kier alpha value is -1.00. The van der Waals surface area contributed by atoms with Crippen LogP contribution in [0.4, 0.5) is 5.69 Å². The molecule has 122 valence electrons. The zero-order valence-electron chi connectivity index (χ0n) is 14.1. The Morgan fingerprint density at radius 3 is 2.64 bits per heavy atom. The quantitative estimate of drug-likeness (QED) is 0.814. The normalized spacial score (nSPS) is 22.4. The van der Waals surface area contributed by atoms with Gasteiger partial charge in [-0.05, 0) is 49.9 Å². The summed E-state index contributed by atoms with van der Waals surface area (Å²) in [6.07, 6.45) is 3.86. The smallest absolute Gasteiger partial charge is 0.227 e. The third-order valence-corrected chi connectivity index (χ3v) is 5.07. The van der Waals surface area contributed by atoms with E-state index in [4.69, 9.17) is 5.73 Å². The average molecular weight is 321 g/mol. The van der Waals surface area contributed by atoms with Crippen molar-refractivity contribution in [3.63, 3.8) is 0 Å². The summed E-state index contributed by atoms with van der Waals surface area (Å²) in [5.74, 6) is 0.182. The second-order valence-electron chi connectivity index (χ2n) is 7.30. The van der Waals surface area contributed by atoms with Crippen LogP contribution in [-0.2, 0) is 4.79 Å². The van der Waals surface area contributed by atoms with Gasteiger partial charge in [-0.15, -0.1) is 11.8 Å². The highest BCUT2D eigenvalue weighted by atomic mass is 32.2. The Morgan fingerprint density at radius 1 is 1.32 bits per heavy atom. The van der Waals surface area contributed by atoms with Crippen molar-refractivity contribution >= 4 is 23.4 Å². The van der Waals surface area contributed by atoms with Crippen molar-refractivity contribution in [2.45, 2.75) is 69.1 Å². The lowest BCUT2D eigenvalue weighted by Gasteiger charge is -2.26. The van der Waals surface area contributed by atoms with Gasteiger partial charge in [-0.25, -0.2) is 0 Å². The van der Waals surface area contributed by atoms with Crippen LogP contribution in [-0.4, -0.2) is 16.7 Å². The largest absolute Gasteiger partial charge is 0.328 e. The molecule has 0 bridgehead atoms. The molecule has 0 aromatic heterocycles. The highest BCUT2D eigenvalue weighted by Crippen LogP contribution is 2.34. The Balaban J connectivity index is 2.02. The van der Waals surface area contributed by atoms with Crippen LogP contribution in [0.2, 0.25) is 0 Å². The van der Waals surface area contributed by atoms with Gasteiger partial charge in [0.1, 0.15) is 0 Å². The number of carbonyl (C=O) groups excluding carboxylic acids is 1. The minimum atomic E-state index is 0.0618. The molecule has 1 saturated carbocycles. The molecule has 0 saturated heterocycles. The molecule has 1 fully saturated rings. The molecule has 4 heteroatoms. The van der Waals surface area contributed by atoms with Gasteiger partial charge in [0.05, 0.1) is 0 Å². The van der Waals surface area contributed by atoms with E-state index >= 15 is 0 Å². The number of carbonyl (C=O) groups is 1. The van der Waals surface area contributed by atoms with E-state index in [2.05, 4.69) is 45.1 Å². The standard InChI is InChI=1S/C18H28N2OS/c1-12-10-15(22-18(2,3)4)8-9-16(12)20-17(21)13-6-5-7-14(19)11-13/h8-10,13-14H,5-7,11,19H2,1-4H3,(H,20,21).